The van der Waals surface area contributed by atoms with E-state index in [-0.39, 0.29) is 0 Å². The fourth-order valence-electron chi connectivity index (χ4n) is 7.26. The molecule has 56 heavy (non-hydrogen) atoms. The van der Waals surface area contributed by atoms with Crippen molar-refractivity contribution >= 4 is 22.7 Å². The number of rotatable bonds is 11. The van der Waals surface area contributed by atoms with Crippen LogP contribution in [0.2, 0.25) is 0 Å². The van der Waals surface area contributed by atoms with Crippen molar-refractivity contribution in [2.75, 3.05) is 49.5 Å². The van der Waals surface area contributed by atoms with Crippen molar-refractivity contribution in [2.45, 2.75) is 0 Å². The first-order chi connectivity index (χ1) is 27.5. The van der Waals surface area contributed by atoms with Crippen LogP contribution in [0.3, 0.4) is 0 Å². The van der Waals surface area contributed by atoms with Crippen LogP contribution in [0.15, 0.2) is 176 Å². The first-order valence-electron chi connectivity index (χ1n) is 19.0. The second-order valence-corrected chi connectivity index (χ2v) is 13.9. The number of nitrogens with zero attached hydrogens (tertiary/aromatic N) is 1. The zero-order valence-electron chi connectivity index (χ0n) is 32.2. The quantitative estimate of drug-likeness (QED) is 0.107. The summed E-state index contributed by atoms with van der Waals surface area (Å²) in [6.07, 6.45) is 0. The standard InChI is InChI=1S/C51H45N5/c1-52-46-20-10-18-39(26-46)35-14-8-16-37(22-35)41-24-44(30-48(28-41)54-3)50-32-43(34-12-6-5-7-13-34)33-51(56-50)45-25-42(29-49(31-45)55-4)38-17-9-15-36(23-38)40-19-11-21-47(27-40)53-2/h5-33,52-55H,1-4H3. The van der Waals surface area contributed by atoms with Crippen molar-refractivity contribution in [1.29, 1.82) is 0 Å². The van der Waals surface area contributed by atoms with Gasteiger partial charge in [0, 0.05) is 62.1 Å². The molecule has 0 unspecified atom stereocenters. The van der Waals surface area contributed by atoms with E-state index in [1.165, 1.54) is 22.3 Å². The molecule has 1 heterocycles. The molecule has 0 amide bonds. The minimum Gasteiger partial charge on any atom is -0.388 e. The van der Waals surface area contributed by atoms with Gasteiger partial charge in [-0.15, -0.1) is 0 Å². The van der Waals surface area contributed by atoms with Gasteiger partial charge in [-0.25, -0.2) is 4.98 Å². The van der Waals surface area contributed by atoms with Crippen LogP contribution in [0.5, 0.6) is 0 Å². The molecule has 274 valence electrons. The monoisotopic (exact) mass is 727 g/mol. The third-order valence-electron chi connectivity index (χ3n) is 10.3. The minimum atomic E-state index is 0.903. The lowest BCUT2D eigenvalue weighted by Crippen LogP contribution is -1.96. The van der Waals surface area contributed by atoms with Gasteiger partial charge in [0.2, 0.25) is 0 Å². The Morgan fingerprint density at radius 3 is 0.982 bits per heavy atom. The van der Waals surface area contributed by atoms with Gasteiger partial charge < -0.3 is 21.3 Å². The Hall–Kier alpha value is -7.11. The molecule has 4 N–H and O–H groups in total. The molecule has 0 aliphatic heterocycles. The van der Waals surface area contributed by atoms with Crippen molar-refractivity contribution in [1.82, 2.24) is 4.98 Å². The molecule has 1 aromatic heterocycles. The summed E-state index contributed by atoms with van der Waals surface area (Å²) in [6, 6.07) is 62.8. The van der Waals surface area contributed by atoms with E-state index in [1.54, 1.807) is 0 Å². The predicted octanol–water partition coefficient (Wildman–Crippen LogP) is 12.9. The van der Waals surface area contributed by atoms with E-state index in [0.29, 0.717) is 0 Å². The van der Waals surface area contributed by atoms with Crippen LogP contribution >= 0.6 is 0 Å². The maximum Gasteiger partial charge on any atom is 0.0716 e. The lowest BCUT2D eigenvalue weighted by Gasteiger charge is -2.15. The second kappa shape index (κ2) is 16.1. The van der Waals surface area contributed by atoms with Crippen molar-refractivity contribution in [2.24, 2.45) is 0 Å². The number of benzene rings is 7. The maximum atomic E-state index is 5.42. The van der Waals surface area contributed by atoms with Crippen molar-refractivity contribution < 1.29 is 0 Å². The molecular weight excluding hydrogens is 683 g/mol. The molecule has 5 nitrogen and oxygen atoms in total. The van der Waals surface area contributed by atoms with E-state index in [2.05, 4.69) is 197 Å². The van der Waals surface area contributed by atoms with E-state index in [4.69, 9.17) is 4.98 Å². The topological polar surface area (TPSA) is 61.0 Å². The Labute approximate surface area is 330 Å². The summed E-state index contributed by atoms with van der Waals surface area (Å²) in [5.41, 5.74) is 19.5. The van der Waals surface area contributed by atoms with Crippen LogP contribution in [0.4, 0.5) is 22.7 Å². The van der Waals surface area contributed by atoms with E-state index >= 15 is 0 Å². The average Bonchev–Trinajstić information content (AvgIpc) is 3.28. The first-order valence-corrected chi connectivity index (χ1v) is 19.0. The highest BCUT2D eigenvalue weighted by atomic mass is 14.8. The third-order valence-corrected chi connectivity index (χ3v) is 10.3. The zero-order valence-corrected chi connectivity index (χ0v) is 32.2. The van der Waals surface area contributed by atoms with Gasteiger partial charge in [0.15, 0.2) is 0 Å². The van der Waals surface area contributed by atoms with Crippen molar-refractivity contribution in [3.05, 3.63) is 176 Å². The maximum absolute atomic E-state index is 5.42. The lowest BCUT2D eigenvalue weighted by atomic mass is 9.94. The molecule has 0 aliphatic carbocycles. The van der Waals surface area contributed by atoms with E-state index < -0.39 is 0 Å². The lowest BCUT2D eigenvalue weighted by molar-refractivity contribution is 1.32. The number of hydrogen-bond acceptors (Lipinski definition) is 5. The van der Waals surface area contributed by atoms with Gasteiger partial charge in [-0.1, -0.05) is 91.0 Å². The SMILES string of the molecule is CNc1cccc(-c2cccc(-c3cc(NC)cc(-c4cc(-c5ccccc5)cc(-c5cc(NC)cc(-c6cccc(-c7cccc(NC)c7)c6)c5)n4)c3)c2)c1. The van der Waals surface area contributed by atoms with Crippen LogP contribution in [0.25, 0.3) is 78.1 Å². The molecule has 0 fully saturated rings. The third kappa shape index (κ3) is 7.75. The molecule has 0 radical (unpaired) electrons. The molecule has 0 saturated heterocycles. The Balaban J connectivity index is 1.25. The number of hydrogen-bond donors (Lipinski definition) is 4. The molecule has 0 bridgehead atoms. The Kier molecular flexibility index (Phi) is 10.3. The average molecular weight is 728 g/mol. The van der Waals surface area contributed by atoms with Gasteiger partial charge in [-0.3, -0.25) is 0 Å². The summed E-state index contributed by atoms with van der Waals surface area (Å²) in [6.45, 7) is 0. The summed E-state index contributed by atoms with van der Waals surface area (Å²) in [5, 5.41) is 13.4. The molecule has 5 heteroatoms. The van der Waals surface area contributed by atoms with E-state index in [9.17, 15) is 0 Å². The molecular formula is C51H45N5. The van der Waals surface area contributed by atoms with Crippen LogP contribution in [0, 0.1) is 0 Å². The summed E-state index contributed by atoms with van der Waals surface area (Å²) in [7, 11) is 7.85. The predicted molar refractivity (Wildman–Crippen MR) is 240 cm³/mol. The van der Waals surface area contributed by atoms with Crippen LogP contribution in [0.1, 0.15) is 0 Å². The Morgan fingerprint density at radius 2 is 0.554 bits per heavy atom. The number of anilines is 4. The van der Waals surface area contributed by atoms with Gasteiger partial charge >= 0.3 is 0 Å². The van der Waals surface area contributed by atoms with Gasteiger partial charge in [0.05, 0.1) is 11.4 Å². The summed E-state index contributed by atoms with van der Waals surface area (Å²) in [5.74, 6) is 0. The highest BCUT2D eigenvalue weighted by molar-refractivity contribution is 5.85. The van der Waals surface area contributed by atoms with Crippen molar-refractivity contribution in [3.63, 3.8) is 0 Å². The zero-order chi connectivity index (χ0) is 38.4. The summed E-state index contributed by atoms with van der Waals surface area (Å²) >= 11 is 0. The smallest absolute Gasteiger partial charge is 0.0716 e. The fraction of sp³-hybridized carbons (Fsp3) is 0.0784. The molecule has 0 atom stereocenters. The molecule has 0 saturated carbocycles. The molecule has 8 rings (SSSR count). The minimum absolute atomic E-state index is 0.903. The van der Waals surface area contributed by atoms with Crippen LogP contribution in [-0.4, -0.2) is 33.2 Å². The molecule has 7 aromatic carbocycles. The van der Waals surface area contributed by atoms with Gasteiger partial charge in [-0.2, -0.15) is 0 Å². The van der Waals surface area contributed by atoms with Gasteiger partial charge in [0.1, 0.15) is 0 Å². The number of nitrogens with one attached hydrogen (secondary N) is 4. The first kappa shape index (κ1) is 35.9. The fourth-order valence-corrected chi connectivity index (χ4v) is 7.26. The number of pyridine rings is 1. The highest BCUT2D eigenvalue weighted by Crippen LogP contribution is 2.38. The normalized spacial score (nSPS) is 10.9. The van der Waals surface area contributed by atoms with E-state index in [1.807, 2.05) is 28.2 Å². The summed E-state index contributed by atoms with van der Waals surface area (Å²) < 4.78 is 0. The Bertz CT molecular complexity index is 2490. The van der Waals surface area contributed by atoms with Gasteiger partial charge in [0.25, 0.3) is 0 Å². The molecule has 8 aromatic rings. The van der Waals surface area contributed by atoms with E-state index in [0.717, 1.165) is 78.6 Å². The molecule has 0 aliphatic rings. The molecule has 0 spiro atoms. The van der Waals surface area contributed by atoms with Crippen LogP contribution < -0.4 is 21.3 Å². The largest absolute Gasteiger partial charge is 0.388 e. The van der Waals surface area contributed by atoms with Crippen LogP contribution in [-0.2, 0) is 0 Å². The van der Waals surface area contributed by atoms with Crippen molar-refractivity contribution in [3.8, 4) is 78.1 Å². The number of aromatic nitrogens is 1. The van der Waals surface area contributed by atoms with Gasteiger partial charge in [-0.05, 0) is 141 Å². The Morgan fingerprint density at radius 1 is 0.250 bits per heavy atom. The summed E-state index contributed by atoms with van der Waals surface area (Å²) in [4.78, 5) is 5.42. The highest BCUT2D eigenvalue weighted by Gasteiger charge is 2.14. The second-order valence-electron chi connectivity index (χ2n) is 13.9.